The number of aromatic nitrogens is 1. The fraction of sp³-hybridized carbons (Fsp3) is 0.600. The number of carbonyl (C=O) groups excluding carboxylic acids is 1. The molecule has 20 heavy (non-hydrogen) atoms. The van der Waals surface area contributed by atoms with Crippen molar-refractivity contribution in [1.29, 1.82) is 0 Å². The minimum absolute atomic E-state index is 0.207. The first-order valence-corrected chi connectivity index (χ1v) is 7.41. The molecule has 0 atom stereocenters. The van der Waals surface area contributed by atoms with E-state index in [-0.39, 0.29) is 11.3 Å². The minimum Gasteiger partial charge on any atom is -0.356 e. The molecule has 5 nitrogen and oxygen atoms in total. The molecule has 0 bridgehead atoms. The summed E-state index contributed by atoms with van der Waals surface area (Å²) in [4.78, 5) is 16.7. The van der Waals surface area contributed by atoms with Gasteiger partial charge in [-0.05, 0) is 25.0 Å². The third-order valence-electron chi connectivity index (χ3n) is 4.52. The number of nitrogens with zero attached hydrogens (tertiary/aromatic N) is 1. The first-order chi connectivity index (χ1) is 9.81. The van der Waals surface area contributed by atoms with Crippen molar-refractivity contribution in [1.82, 2.24) is 20.9 Å². The summed E-state index contributed by atoms with van der Waals surface area (Å²) in [5.41, 5.74) is 0.869. The summed E-state index contributed by atoms with van der Waals surface area (Å²) in [6.45, 7) is 4.24. The van der Waals surface area contributed by atoms with Crippen LogP contribution in [-0.2, 0) is 11.2 Å². The van der Waals surface area contributed by atoms with Crippen LogP contribution in [0.25, 0.3) is 0 Å². The lowest BCUT2D eigenvalue weighted by Crippen LogP contribution is -2.47. The lowest BCUT2D eigenvalue weighted by molar-refractivity contribution is -0.130. The Kier molecular flexibility index (Phi) is 3.98. The van der Waals surface area contributed by atoms with Crippen molar-refractivity contribution in [3.63, 3.8) is 0 Å². The summed E-state index contributed by atoms with van der Waals surface area (Å²) < 4.78 is 0. The van der Waals surface area contributed by atoms with Gasteiger partial charge >= 0.3 is 0 Å². The van der Waals surface area contributed by atoms with E-state index < -0.39 is 0 Å². The molecule has 108 valence electrons. The molecule has 0 radical (unpaired) electrons. The second-order valence-electron chi connectivity index (χ2n) is 5.80. The van der Waals surface area contributed by atoms with Gasteiger partial charge in [0.25, 0.3) is 0 Å². The molecule has 0 aliphatic carbocycles. The van der Waals surface area contributed by atoms with Crippen molar-refractivity contribution in [2.75, 3.05) is 32.7 Å². The summed E-state index contributed by atoms with van der Waals surface area (Å²) in [5, 5.41) is 9.81. The predicted octanol–water partition coefficient (Wildman–Crippen LogP) is -0.0606. The highest BCUT2D eigenvalue weighted by Gasteiger charge is 2.51. The molecule has 1 aromatic heterocycles. The van der Waals surface area contributed by atoms with Gasteiger partial charge in [-0.25, -0.2) is 0 Å². The molecule has 2 fully saturated rings. The van der Waals surface area contributed by atoms with Crippen LogP contribution in [0.15, 0.2) is 24.4 Å². The number of pyridine rings is 1. The number of carbonyl (C=O) groups is 1. The molecule has 2 aliphatic rings. The Bertz CT molecular complexity index is 452. The number of fused-ring (bicyclic) bond motifs is 1. The van der Waals surface area contributed by atoms with Gasteiger partial charge in [0.15, 0.2) is 0 Å². The van der Waals surface area contributed by atoms with Gasteiger partial charge in [-0.1, -0.05) is 6.07 Å². The number of hydrogen-bond donors (Lipinski definition) is 3. The fourth-order valence-electron chi connectivity index (χ4n) is 3.29. The fourth-order valence-corrected chi connectivity index (χ4v) is 3.29. The maximum Gasteiger partial charge on any atom is 0.229 e. The van der Waals surface area contributed by atoms with E-state index in [2.05, 4.69) is 20.9 Å². The molecule has 1 amide bonds. The first kappa shape index (κ1) is 13.5. The van der Waals surface area contributed by atoms with Crippen LogP contribution in [-0.4, -0.2) is 43.6 Å². The van der Waals surface area contributed by atoms with E-state index in [9.17, 15) is 4.79 Å². The van der Waals surface area contributed by atoms with E-state index in [1.54, 1.807) is 0 Å². The second-order valence-corrected chi connectivity index (χ2v) is 5.80. The lowest BCUT2D eigenvalue weighted by atomic mass is 9.80. The van der Waals surface area contributed by atoms with E-state index in [1.165, 1.54) is 0 Å². The molecule has 5 heteroatoms. The number of nitrogens with one attached hydrogen (secondary N) is 3. The lowest BCUT2D eigenvalue weighted by Gasteiger charge is -2.25. The molecule has 3 rings (SSSR count). The minimum atomic E-state index is -0.217. The van der Waals surface area contributed by atoms with E-state index in [0.717, 1.165) is 51.3 Å². The zero-order chi connectivity index (χ0) is 13.8. The Balaban J connectivity index is 1.46. The predicted molar refractivity (Wildman–Crippen MR) is 77.2 cm³/mol. The van der Waals surface area contributed by atoms with E-state index in [0.29, 0.717) is 5.92 Å². The van der Waals surface area contributed by atoms with Crippen molar-refractivity contribution in [2.24, 2.45) is 11.3 Å². The van der Waals surface area contributed by atoms with Crippen LogP contribution in [0.2, 0.25) is 0 Å². The van der Waals surface area contributed by atoms with Gasteiger partial charge in [-0.2, -0.15) is 0 Å². The normalized spacial score (nSPS) is 28.3. The molecule has 1 aromatic rings. The van der Waals surface area contributed by atoms with Gasteiger partial charge in [0.1, 0.15) is 0 Å². The van der Waals surface area contributed by atoms with Gasteiger partial charge < -0.3 is 16.0 Å². The maximum atomic E-state index is 12.5. The van der Waals surface area contributed by atoms with Crippen LogP contribution in [0.5, 0.6) is 0 Å². The molecule has 3 heterocycles. The Hall–Kier alpha value is -1.46. The highest BCUT2D eigenvalue weighted by Crippen LogP contribution is 2.34. The first-order valence-electron chi connectivity index (χ1n) is 7.41. The van der Waals surface area contributed by atoms with Crippen LogP contribution >= 0.6 is 0 Å². The SMILES string of the molecule is O=C(NCCCc1ccccn1)C12CNCC1CNC2. The third-order valence-corrected chi connectivity index (χ3v) is 4.52. The van der Waals surface area contributed by atoms with Gasteiger partial charge in [-0.15, -0.1) is 0 Å². The van der Waals surface area contributed by atoms with Crippen molar-refractivity contribution < 1.29 is 4.79 Å². The van der Waals surface area contributed by atoms with Crippen LogP contribution in [0.1, 0.15) is 12.1 Å². The molecule has 2 saturated heterocycles. The largest absolute Gasteiger partial charge is 0.356 e. The van der Waals surface area contributed by atoms with E-state index in [4.69, 9.17) is 0 Å². The number of amides is 1. The molecule has 0 unspecified atom stereocenters. The number of rotatable bonds is 5. The van der Waals surface area contributed by atoms with Crippen molar-refractivity contribution in [3.05, 3.63) is 30.1 Å². The van der Waals surface area contributed by atoms with Gasteiger partial charge in [0.05, 0.1) is 5.41 Å². The van der Waals surface area contributed by atoms with Crippen molar-refractivity contribution in [2.45, 2.75) is 12.8 Å². The monoisotopic (exact) mass is 274 g/mol. The third kappa shape index (κ3) is 2.55. The molecular weight excluding hydrogens is 252 g/mol. The Labute approximate surface area is 119 Å². The standard InChI is InChI=1S/C15H22N4O/c20-14(15-10-16-8-12(15)9-17-11-15)19-7-3-5-13-4-1-2-6-18-13/h1-2,4,6,12,16-17H,3,5,7-11H2,(H,19,20). The molecule has 3 N–H and O–H groups in total. The molecule has 2 aliphatic heterocycles. The van der Waals surface area contributed by atoms with Gasteiger partial charge in [0.2, 0.25) is 5.91 Å². The Morgan fingerprint density at radius 2 is 2.15 bits per heavy atom. The topological polar surface area (TPSA) is 66.0 Å². The quantitative estimate of drug-likeness (QED) is 0.658. The molecule has 0 aromatic carbocycles. The molecule has 0 saturated carbocycles. The van der Waals surface area contributed by atoms with Crippen LogP contribution in [0.4, 0.5) is 0 Å². The molecule has 0 spiro atoms. The second kappa shape index (κ2) is 5.89. The Morgan fingerprint density at radius 1 is 1.35 bits per heavy atom. The maximum absolute atomic E-state index is 12.5. The zero-order valence-electron chi connectivity index (χ0n) is 11.7. The summed E-state index contributed by atoms with van der Waals surface area (Å²) in [7, 11) is 0. The highest BCUT2D eigenvalue weighted by molar-refractivity contribution is 5.84. The number of aryl methyl sites for hydroxylation is 1. The summed E-state index contributed by atoms with van der Waals surface area (Å²) in [5.74, 6) is 0.650. The summed E-state index contributed by atoms with van der Waals surface area (Å²) in [6.07, 6.45) is 3.66. The summed E-state index contributed by atoms with van der Waals surface area (Å²) in [6, 6.07) is 5.95. The zero-order valence-corrected chi connectivity index (χ0v) is 11.7. The van der Waals surface area contributed by atoms with Crippen molar-refractivity contribution in [3.8, 4) is 0 Å². The molecular formula is C15H22N4O. The van der Waals surface area contributed by atoms with Crippen LogP contribution in [0, 0.1) is 11.3 Å². The van der Waals surface area contributed by atoms with E-state index in [1.807, 2.05) is 24.4 Å². The van der Waals surface area contributed by atoms with E-state index >= 15 is 0 Å². The van der Waals surface area contributed by atoms with Crippen LogP contribution in [0.3, 0.4) is 0 Å². The summed E-state index contributed by atoms with van der Waals surface area (Å²) >= 11 is 0. The number of hydrogen-bond acceptors (Lipinski definition) is 4. The average Bonchev–Trinajstić information content (AvgIpc) is 3.05. The Morgan fingerprint density at radius 3 is 2.85 bits per heavy atom. The highest BCUT2D eigenvalue weighted by atomic mass is 16.2. The van der Waals surface area contributed by atoms with Crippen molar-refractivity contribution >= 4 is 5.91 Å². The average molecular weight is 274 g/mol. The smallest absolute Gasteiger partial charge is 0.229 e. The van der Waals surface area contributed by atoms with Gasteiger partial charge in [0, 0.05) is 50.5 Å². The van der Waals surface area contributed by atoms with Crippen LogP contribution < -0.4 is 16.0 Å². The van der Waals surface area contributed by atoms with Gasteiger partial charge in [-0.3, -0.25) is 9.78 Å².